The van der Waals surface area contributed by atoms with Crippen molar-refractivity contribution in [2.75, 3.05) is 13.2 Å². The Labute approximate surface area is 140 Å². The molecule has 1 amide bonds. The zero-order valence-corrected chi connectivity index (χ0v) is 15.3. The summed E-state index contributed by atoms with van der Waals surface area (Å²) in [6.07, 6.45) is 1.90. The number of unbranched alkanes of at least 4 members (excludes halogenated alkanes) is 1. The number of nitrogens with one attached hydrogen (secondary N) is 1. The molecule has 0 aliphatic heterocycles. The number of benzene rings is 1. The van der Waals surface area contributed by atoms with Crippen molar-refractivity contribution in [3.63, 3.8) is 0 Å². The number of hydrogen-bond acceptors (Lipinski definition) is 4. The molecule has 21 heavy (non-hydrogen) atoms. The molecule has 1 aromatic rings. The van der Waals surface area contributed by atoms with Crippen molar-refractivity contribution in [2.24, 2.45) is 5.14 Å². The molecular formula is C12H16Br2N2O4S. The van der Waals surface area contributed by atoms with E-state index < -0.39 is 10.0 Å². The normalized spacial score (nSPS) is 11.2. The zero-order valence-electron chi connectivity index (χ0n) is 11.4. The molecule has 0 fully saturated rings. The van der Waals surface area contributed by atoms with Gasteiger partial charge in [0.1, 0.15) is 5.75 Å². The quantitative estimate of drug-likeness (QED) is 0.630. The minimum atomic E-state index is -3.81. The molecule has 1 rings (SSSR count). The Bertz CT molecular complexity index is 597. The second kappa shape index (κ2) is 8.11. The predicted molar refractivity (Wildman–Crippen MR) is 86.6 cm³/mol. The maximum atomic E-state index is 11.6. The van der Waals surface area contributed by atoms with E-state index in [0.29, 0.717) is 21.2 Å². The van der Waals surface area contributed by atoms with Crippen LogP contribution >= 0.6 is 31.9 Å². The van der Waals surface area contributed by atoms with E-state index in [4.69, 9.17) is 9.88 Å². The molecule has 0 spiro atoms. The van der Waals surface area contributed by atoms with Crippen LogP contribution in [-0.2, 0) is 14.8 Å². The van der Waals surface area contributed by atoms with Crippen LogP contribution in [-0.4, -0.2) is 27.5 Å². The van der Waals surface area contributed by atoms with Crippen LogP contribution in [0.25, 0.3) is 0 Å². The summed E-state index contributed by atoms with van der Waals surface area (Å²) < 4.78 is 28.8. The molecule has 0 bridgehead atoms. The molecule has 0 aromatic heterocycles. The fourth-order valence-electron chi connectivity index (χ4n) is 1.43. The fraction of sp³-hybridized carbons (Fsp3) is 0.417. The van der Waals surface area contributed by atoms with Gasteiger partial charge in [-0.25, -0.2) is 13.6 Å². The topological polar surface area (TPSA) is 98.5 Å². The minimum Gasteiger partial charge on any atom is -0.481 e. The first-order valence-corrected chi connectivity index (χ1v) is 9.30. The lowest BCUT2D eigenvalue weighted by Gasteiger charge is -2.11. The van der Waals surface area contributed by atoms with Gasteiger partial charge in [-0.05, 0) is 50.4 Å². The zero-order chi connectivity index (χ0) is 16.0. The fourth-order valence-corrected chi connectivity index (χ4v) is 3.71. The highest BCUT2D eigenvalue weighted by Crippen LogP contribution is 2.35. The largest absolute Gasteiger partial charge is 0.481 e. The van der Waals surface area contributed by atoms with Crippen molar-refractivity contribution in [1.82, 2.24) is 5.32 Å². The molecule has 0 heterocycles. The van der Waals surface area contributed by atoms with E-state index in [9.17, 15) is 13.2 Å². The molecule has 9 heteroatoms. The van der Waals surface area contributed by atoms with E-state index in [0.717, 1.165) is 12.8 Å². The van der Waals surface area contributed by atoms with Crippen molar-refractivity contribution < 1.29 is 17.9 Å². The summed E-state index contributed by atoms with van der Waals surface area (Å²) in [7, 11) is -3.81. The highest BCUT2D eigenvalue weighted by atomic mass is 79.9. The Morgan fingerprint density at radius 1 is 1.33 bits per heavy atom. The van der Waals surface area contributed by atoms with Crippen LogP contribution in [0.15, 0.2) is 26.0 Å². The third-order valence-corrected chi connectivity index (χ3v) is 4.57. The van der Waals surface area contributed by atoms with E-state index in [2.05, 4.69) is 37.2 Å². The van der Waals surface area contributed by atoms with Gasteiger partial charge in [0.15, 0.2) is 6.61 Å². The van der Waals surface area contributed by atoms with Crippen molar-refractivity contribution in [3.05, 3.63) is 21.1 Å². The number of nitrogens with two attached hydrogens (primary N) is 1. The number of primary sulfonamides is 1. The lowest BCUT2D eigenvalue weighted by molar-refractivity contribution is -0.123. The number of sulfonamides is 1. The monoisotopic (exact) mass is 442 g/mol. The third kappa shape index (κ3) is 5.93. The molecule has 0 saturated carbocycles. The lowest BCUT2D eigenvalue weighted by Crippen LogP contribution is -2.29. The number of carbonyl (C=O) groups is 1. The Morgan fingerprint density at radius 3 is 2.38 bits per heavy atom. The molecule has 0 unspecified atom stereocenters. The van der Waals surface area contributed by atoms with Gasteiger partial charge in [-0.1, -0.05) is 13.3 Å². The summed E-state index contributed by atoms with van der Waals surface area (Å²) in [6, 6.07) is 2.65. The van der Waals surface area contributed by atoms with E-state index in [-0.39, 0.29) is 17.4 Å². The Hall–Kier alpha value is -0.640. The lowest BCUT2D eigenvalue weighted by atomic mass is 10.3. The first-order valence-electron chi connectivity index (χ1n) is 6.17. The van der Waals surface area contributed by atoms with E-state index in [1.807, 2.05) is 6.92 Å². The van der Waals surface area contributed by atoms with Crippen LogP contribution in [0.1, 0.15) is 19.8 Å². The van der Waals surface area contributed by atoms with Crippen molar-refractivity contribution >= 4 is 47.8 Å². The average Bonchev–Trinajstić information content (AvgIpc) is 2.36. The van der Waals surface area contributed by atoms with Crippen LogP contribution in [0.3, 0.4) is 0 Å². The van der Waals surface area contributed by atoms with Gasteiger partial charge < -0.3 is 10.1 Å². The molecule has 0 aliphatic carbocycles. The van der Waals surface area contributed by atoms with Gasteiger partial charge in [0.25, 0.3) is 5.91 Å². The number of hydrogen-bond donors (Lipinski definition) is 2. The van der Waals surface area contributed by atoms with Gasteiger partial charge in [-0.2, -0.15) is 0 Å². The molecule has 3 N–H and O–H groups in total. The van der Waals surface area contributed by atoms with Crippen LogP contribution in [0.2, 0.25) is 0 Å². The van der Waals surface area contributed by atoms with E-state index in [1.165, 1.54) is 12.1 Å². The number of halogens is 2. The van der Waals surface area contributed by atoms with Gasteiger partial charge in [0, 0.05) is 6.54 Å². The van der Waals surface area contributed by atoms with Gasteiger partial charge in [-0.15, -0.1) is 0 Å². The second-order valence-electron chi connectivity index (χ2n) is 4.25. The predicted octanol–water partition coefficient (Wildman–Crippen LogP) is 2.15. The summed E-state index contributed by atoms with van der Waals surface area (Å²) >= 11 is 6.40. The Balaban J connectivity index is 2.75. The van der Waals surface area contributed by atoms with E-state index in [1.54, 1.807) is 0 Å². The highest BCUT2D eigenvalue weighted by molar-refractivity contribution is 9.11. The third-order valence-electron chi connectivity index (χ3n) is 2.50. The van der Waals surface area contributed by atoms with Crippen molar-refractivity contribution in [3.8, 4) is 5.75 Å². The maximum absolute atomic E-state index is 11.6. The maximum Gasteiger partial charge on any atom is 0.257 e. The van der Waals surface area contributed by atoms with Crippen LogP contribution in [0.4, 0.5) is 0 Å². The molecule has 0 aliphatic rings. The molecule has 0 atom stereocenters. The minimum absolute atomic E-state index is 0.0546. The molecule has 0 saturated heterocycles. The van der Waals surface area contributed by atoms with Crippen molar-refractivity contribution in [2.45, 2.75) is 24.7 Å². The highest BCUT2D eigenvalue weighted by Gasteiger charge is 2.16. The van der Waals surface area contributed by atoms with Crippen LogP contribution < -0.4 is 15.2 Å². The summed E-state index contributed by atoms with van der Waals surface area (Å²) in [5, 5.41) is 7.78. The summed E-state index contributed by atoms with van der Waals surface area (Å²) in [4.78, 5) is 11.5. The van der Waals surface area contributed by atoms with E-state index >= 15 is 0 Å². The second-order valence-corrected chi connectivity index (χ2v) is 7.52. The summed E-state index contributed by atoms with van der Waals surface area (Å²) in [5.41, 5.74) is 0. The SMILES string of the molecule is CCCCNC(=O)COc1c(Br)cc(S(N)(=O)=O)cc1Br. The molecular weight excluding hydrogens is 428 g/mol. The van der Waals surface area contributed by atoms with Gasteiger partial charge in [0.05, 0.1) is 13.8 Å². The first kappa shape index (κ1) is 18.4. The Morgan fingerprint density at radius 2 is 1.90 bits per heavy atom. The number of carbonyl (C=O) groups excluding carboxylic acids is 1. The number of amides is 1. The van der Waals surface area contributed by atoms with Crippen LogP contribution in [0.5, 0.6) is 5.75 Å². The van der Waals surface area contributed by atoms with Gasteiger partial charge in [-0.3, -0.25) is 4.79 Å². The number of rotatable bonds is 7. The summed E-state index contributed by atoms with van der Waals surface area (Å²) in [5.74, 6) is 0.103. The standard InChI is InChI=1S/C12H16Br2N2O4S/c1-2-3-4-16-11(17)7-20-12-9(13)5-8(6-10(12)14)21(15,18)19/h5-6H,2-4,7H2,1H3,(H,16,17)(H2,15,18,19). The summed E-state index contributed by atoms with van der Waals surface area (Å²) in [6.45, 7) is 2.48. The molecule has 118 valence electrons. The van der Waals surface area contributed by atoms with Gasteiger partial charge >= 0.3 is 0 Å². The van der Waals surface area contributed by atoms with Crippen LogP contribution in [0, 0.1) is 0 Å². The first-order chi connectivity index (χ1) is 9.75. The average molecular weight is 444 g/mol. The Kier molecular flexibility index (Phi) is 7.11. The molecule has 0 radical (unpaired) electrons. The molecule has 1 aromatic carbocycles. The smallest absolute Gasteiger partial charge is 0.257 e. The number of ether oxygens (including phenoxy) is 1. The molecule has 6 nitrogen and oxygen atoms in total. The van der Waals surface area contributed by atoms with Gasteiger partial charge in [0.2, 0.25) is 10.0 Å². The van der Waals surface area contributed by atoms with Crippen molar-refractivity contribution in [1.29, 1.82) is 0 Å².